The molecule has 0 aliphatic carbocycles. The van der Waals surface area contributed by atoms with Crippen molar-refractivity contribution in [3.63, 3.8) is 0 Å². The van der Waals surface area contributed by atoms with Crippen LogP contribution in [0.3, 0.4) is 0 Å². The second kappa shape index (κ2) is 2.81. The number of aromatic nitrogens is 1. The number of benzene rings is 1. The molecule has 0 unspecified atom stereocenters. The predicted molar refractivity (Wildman–Crippen MR) is 52.4 cm³/mol. The third-order valence-electron chi connectivity index (χ3n) is 1.91. The van der Waals surface area contributed by atoms with Crippen molar-refractivity contribution in [2.75, 3.05) is 0 Å². The quantitative estimate of drug-likeness (QED) is 0.652. The van der Waals surface area contributed by atoms with Crippen LogP contribution in [0.1, 0.15) is 5.56 Å². The Bertz CT molecular complexity index is 568. The molecule has 0 atom stereocenters. The van der Waals surface area contributed by atoms with Crippen molar-refractivity contribution in [1.82, 2.24) is 4.98 Å². The molecule has 1 heterocycles. The Hall–Kier alpha value is -1.42. The largest absolute Gasteiger partial charge is 0.395 e. The lowest BCUT2D eigenvalue weighted by atomic mass is 10.2. The molecule has 0 saturated heterocycles. The molecular formula is C9H7NO2S. The highest BCUT2D eigenvalue weighted by Gasteiger charge is 2.01. The van der Waals surface area contributed by atoms with Gasteiger partial charge in [-0.25, -0.2) is 4.79 Å². The summed E-state index contributed by atoms with van der Waals surface area (Å²) in [7, 11) is 0. The van der Waals surface area contributed by atoms with Crippen LogP contribution in [-0.4, -0.2) is 4.98 Å². The van der Waals surface area contributed by atoms with E-state index in [1.54, 1.807) is 6.07 Å². The van der Waals surface area contributed by atoms with Gasteiger partial charge >= 0.3 is 5.63 Å². The Morgan fingerprint density at radius 3 is 3.00 bits per heavy atom. The van der Waals surface area contributed by atoms with E-state index in [4.69, 9.17) is 16.6 Å². The van der Waals surface area contributed by atoms with Crippen molar-refractivity contribution in [2.45, 2.75) is 6.92 Å². The number of fused-ring (bicyclic) bond motifs is 1. The Morgan fingerprint density at radius 1 is 1.46 bits per heavy atom. The highest BCUT2D eigenvalue weighted by atomic mass is 32.1. The second-order valence-corrected chi connectivity index (χ2v) is 3.17. The smallest absolute Gasteiger partial charge is 0.347 e. The average molecular weight is 193 g/mol. The molecule has 0 fully saturated rings. The molecule has 0 amide bonds. The molecule has 1 N–H and O–H groups in total. The highest BCUT2D eigenvalue weighted by Crippen LogP contribution is 2.11. The molecule has 66 valence electrons. The van der Waals surface area contributed by atoms with E-state index in [1.807, 2.05) is 19.1 Å². The fraction of sp³-hybridized carbons (Fsp3) is 0.111. The molecule has 1 aromatic heterocycles. The van der Waals surface area contributed by atoms with Crippen molar-refractivity contribution < 1.29 is 4.42 Å². The molecule has 2 rings (SSSR count). The van der Waals surface area contributed by atoms with Crippen LogP contribution in [0.15, 0.2) is 27.4 Å². The van der Waals surface area contributed by atoms with Gasteiger partial charge in [-0.15, -0.1) is 0 Å². The SMILES string of the molecule is Cc1cccc2c(=O)oc(=S)[nH]c12. The first-order valence-electron chi connectivity index (χ1n) is 3.81. The van der Waals surface area contributed by atoms with Gasteiger partial charge in [-0.2, -0.15) is 0 Å². The zero-order chi connectivity index (χ0) is 9.42. The standard InChI is InChI=1S/C9H7NO2S/c1-5-3-2-4-6-7(5)10-9(13)12-8(6)11/h2-4H,1H3,(H,10,13). The Balaban J connectivity index is 3.12. The third kappa shape index (κ3) is 1.29. The summed E-state index contributed by atoms with van der Waals surface area (Å²) in [6, 6.07) is 5.43. The zero-order valence-electron chi connectivity index (χ0n) is 6.96. The number of hydrogen-bond donors (Lipinski definition) is 1. The van der Waals surface area contributed by atoms with Gasteiger partial charge in [0.2, 0.25) is 0 Å². The van der Waals surface area contributed by atoms with Crippen LogP contribution in [0.25, 0.3) is 10.9 Å². The molecular weight excluding hydrogens is 186 g/mol. The minimum atomic E-state index is -0.387. The van der Waals surface area contributed by atoms with E-state index in [2.05, 4.69) is 4.98 Å². The topological polar surface area (TPSA) is 46.0 Å². The maximum atomic E-state index is 11.3. The van der Waals surface area contributed by atoms with Gasteiger partial charge in [-0.05, 0) is 30.8 Å². The molecule has 0 spiro atoms. The van der Waals surface area contributed by atoms with Crippen molar-refractivity contribution in [3.05, 3.63) is 39.0 Å². The molecule has 3 nitrogen and oxygen atoms in total. The lowest BCUT2D eigenvalue weighted by Gasteiger charge is -1.98. The minimum Gasteiger partial charge on any atom is -0.395 e. The molecule has 0 aliphatic rings. The number of para-hydroxylation sites is 1. The van der Waals surface area contributed by atoms with Crippen LogP contribution in [0.5, 0.6) is 0 Å². The number of H-pyrrole nitrogens is 1. The van der Waals surface area contributed by atoms with E-state index in [0.717, 1.165) is 11.1 Å². The van der Waals surface area contributed by atoms with Crippen LogP contribution in [0, 0.1) is 11.8 Å². The number of hydrogen-bond acceptors (Lipinski definition) is 3. The van der Waals surface area contributed by atoms with Gasteiger partial charge < -0.3 is 9.40 Å². The summed E-state index contributed by atoms with van der Waals surface area (Å²) in [5.41, 5.74) is 1.35. The summed E-state index contributed by atoms with van der Waals surface area (Å²) in [6.45, 7) is 1.91. The Kier molecular flexibility index (Phi) is 1.77. The number of nitrogens with one attached hydrogen (secondary N) is 1. The molecule has 0 aliphatic heterocycles. The molecule has 0 bridgehead atoms. The van der Waals surface area contributed by atoms with Crippen molar-refractivity contribution in [2.24, 2.45) is 0 Å². The zero-order valence-corrected chi connectivity index (χ0v) is 7.77. The van der Waals surface area contributed by atoms with Gasteiger partial charge in [-0.1, -0.05) is 12.1 Å². The molecule has 1 aromatic carbocycles. The second-order valence-electron chi connectivity index (χ2n) is 2.80. The van der Waals surface area contributed by atoms with E-state index >= 15 is 0 Å². The molecule has 13 heavy (non-hydrogen) atoms. The normalized spacial score (nSPS) is 10.5. The fourth-order valence-electron chi connectivity index (χ4n) is 1.27. The van der Waals surface area contributed by atoms with E-state index in [0.29, 0.717) is 5.39 Å². The van der Waals surface area contributed by atoms with Gasteiger partial charge in [-0.3, -0.25) is 0 Å². The molecule has 0 radical (unpaired) electrons. The summed E-state index contributed by atoms with van der Waals surface area (Å²) in [4.78, 5) is 14.3. The van der Waals surface area contributed by atoms with Gasteiger partial charge in [0, 0.05) is 0 Å². The van der Waals surface area contributed by atoms with Crippen LogP contribution in [0.4, 0.5) is 0 Å². The van der Waals surface area contributed by atoms with Gasteiger partial charge in [0.05, 0.1) is 10.9 Å². The van der Waals surface area contributed by atoms with Crippen LogP contribution < -0.4 is 5.63 Å². The lowest BCUT2D eigenvalue weighted by molar-refractivity contribution is 0.484. The van der Waals surface area contributed by atoms with Gasteiger partial charge in [0.25, 0.3) is 4.84 Å². The van der Waals surface area contributed by atoms with E-state index < -0.39 is 0 Å². The van der Waals surface area contributed by atoms with Crippen LogP contribution >= 0.6 is 12.2 Å². The molecule has 4 heteroatoms. The number of rotatable bonds is 0. The number of aryl methyl sites for hydroxylation is 1. The maximum absolute atomic E-state index is 11.3. The number of aromatic amines is 1. The lowest BCUT2D eigenvalue weighted by Crippen LogP contribution is -2.01. The van der Waals surface area contributed by atoms with Gasteiger partial charge in [0.1, 0.15) is 0 Å². The van der Waals surface area contributed by atoms with Gasteiger partial charge in [0.15, 0.2) is 0 Å². The molecule has 2 aromatic rings. The summed E-state index contributed by atoms with van der Waals surface area (Å²) in [5, 5.41) is 0.536. The van der Waals surface area contributed by atoms with Crippen LogP contribution in [0.2, 0.25) is 0 Å². The molecule has 0 saturated carbocycles. The van der Waals surface area contributed by atoms with E-state index in [1.165, 1.54) is 0 Å². The summed E-state index contributed by atoms with van der Waals surface area (Å²) < 4.78 is 4.75. The summed E-state index contributed by atoms with van der Waals surface area (Å²) >= 11 is 4.76. The predicted octanol–water partition coefficient (Wildman–Crippen LogP) is 2.16. The average Bonchev–Trinajstić information content (AvgIpc) is 2.07. The summed E-state index contributed by atoms with van der Waals surface area (Å²) in [5.74, 6) is 0. The Morgan fingerprint density at radius 2 is 2.23 bits per heavy atom. The first kappa shape index (κ1) is 8.19. The third-order valence-corrected chi connectivity index (χ3v) is 2.09. The maximum Gasteiger partial charge on any atom is 0.347 e. The van der Waals surface area contributed by atoms with Crippen LogP contribution in [-0.2, 0) is 0 Å². The van der Waals surface area contributed by atoms with E-state index in [9.17, 15) is 4.79 Å². The Labute approximate surface area is 79.0 Å². The minimum absolute atomic E-state index is 0.117. The van der Waals surface area contributed by atoms with Crippen molar-refractivity contribution in [3.8, 4) is 0 Å². The van der Waals surface area contributed by atoms with Crippen molar-refractivity contribution in [1.29, 1.82) is 0 Å². The first-order valence-corrected chi connectivity index (χ1v) is 4.22. The monoisotopic (exact) mass is 193 g/mol. The van der Waals surface area contributed by atoms with E-state index in [-0.39, 0.29) is 10.5 Å². The highest BCUT2D eigenvalue weighted by molar-refractivity contribution is 7.71. The summed E-state index contributed by atoms with van der Waals surface area (Å²) in [6.07, 6.45) is 0. The first-order chi connectivity index (χ1) is 6.18. The fourth-order valence-corrected chi connectivity index (χ4v) is 1.45. The van der Waals surface area contributed by atoms with Crippen molar-refractivity contribution >= 4 is 23.1 Å².